The number of sulfonamides is 1. The number of benzene rings is 1. The summed E-state index contributed by atoms with van der Waals surface area (Å²) in [5.41, 5.74) is -0.279. The summed E-state index contributed by atoms with van der Waals surface area (Å²) < 4.78 is 47.7. The summed E-state index contributed by atoms with van der Waals surface area (Å²) in [5.74, 6) is 1.82. The van der Waals surface area contributed by atoms with Gasteiger partial charge in [-0.15, -0.1) is 6.42 Å². The molecule has 9 nitrogen and oxygen atoms in total. The quantitative estimate of drug-likeness (QED) is 0.665. The number of aryl methyl sites for hydroxylation is 1. The number of rotatable bonds is 5. The maximum Gasteiger partial charge on any atom is 0.263 e. The molecule has 1 N–H and O–H groups in total. The van der Waals surface area contributed by atoms with Crippen molar-refractivity contribution in [2.75, 3.05) is 11.4 Å². The highest BCUT2D eigenvalue weighted by atomic mass is 35.5. The SMILES string of the molecule is [2H]C([2H])(c1cnn(C)c1)N1C(=O)c2cc(S(=O)(=O)NC3(C)CC3)cc(Cl)c2N2C1=NC[C@@H]2C#C. The van der Waals surface area contributed by atoms with E-state index in [0.29, 0.717) is 12.8 Å². The summed E-state index contributed by atoms with van der Waals surface area (Å²) in [6.07, 6.45) is 9.89. The van der Waals surface area contributed by atoms with Gasteiger partial charge in [-0.2, -0.15) is 5.10 Å². The van der Waals surface area contributed by atoms with Crippen molar-refractivity contribution in [3.63, 3.8) is 0 Å². The van der Waals surface area contributed by atoms with Gasteiger partial charge in [-0.05, 0) is 31.9 Å². The molecule has 1 fully saturated rings. The zero-order chi connectivity index (χ0) is 24.6. The molecule has 2 aromatic rings. The van der Waals surface area contributed by atoms with Crippen molar-refractivity contribution in [1.29, 1.82) is 0 Å². The van der Waals surface area contributed by atoms with Crippen LogP contribution in [-0.4, -0.2) is 53.1 Å². The fourth-order valence-corrected chi connectivity index (χ4v) is 5.65. The van der Waals surface area contributed by atoms with E-state index in [4.69, 9.17) is 20.8 Å². The maximum atomic E-state index is 13.7. The Labute approximate surface area is 193 Å². The molecular weight excluding hydrogens is 452 g/mol. The molecule has 3 aliphatic rings. The van der Waals surface area contributed by atoms with Crippen molar-refractivity contribution in [3.8, 4) is 12.3 Å². The predicted molar refractivity (Wildman–Crippen MR) is 120 cm³/mol. The standard InChI is InChI=1S/C21H21ClN6O3S/c1-4-14-10-23-20-27(12-13-9-24-26(3)11-13)19(29)16-7-15(8-17(22)18(16)28(14)20)32(30,31)25-21(2)5-6-21/h1,7-9,11,14,25H,5-6,10,12H2,2-3H3/t14-/m0/s1/i12D2. The van der Waals surface area contributed by atoms with Crippen LogP contribution in [0.5, 0.6) is 0 Å². The van der Waals surface area contributed by atoms with Crippen molar-refractivity contribution < 1.29 is 16.0 Å². The van der Waals surface area contributed by atoms with E-state index in [-0.39, 0.29) is 39.2 Å². The highest BCUT2D eigenvalue weighted by Crippen LogP contribution is 2.42. The molecule has 1 amide bonds. The van der Waals surface area contributed by atoms with Gasteiger partial charge in [0.25, 0.3) is 5.91 Å². The number of fused-ring (bicyclic) bond motifs is 3. The summed E-state index contributed by atoms with van der Waals surface area (Å²) in [4.78, 5) is 20.3. The number of anilines is 1. The molecule has 1 atom stereocenters. The second kappa shape index (κ2) is 7.07. The van der Waals surface area contributed by atoms with Crippen LogP contribution in [0.3, 0.4) is 0 Å². The second-order valence-electron chi connectivity index (χ2n) is 8.32. The van der Waals surface area contributed by atoms with E-state index in [1.165, 1.54) is 34.1 Å². The second-order valence-corrected chi connectivity index (χ2v) is 10.4. The van der Waals surface area contributed by atoms with E-state index < -0.39 is 34.0 Å². The first-order chi connectivity index (χ1) is 15.9. The topological polar surface area (TPSA) is 99.9 Å². The molecule has 0 spiro atoms. The lowest BCUT2D eigenvalue weighted by atomic mass is 10.1. The fourth-order valence-electron chi connectivity index (χ4n) is 3.76. The van der Waals surface area contributed by atoms with Crippen molar-refractivity contribution in [1.82, 2.24) is 19.4 Å². The average Bonchev–Trinajstić information content (AvgIpc) is 3.12. The summed E-state index contributed by atoms with van der Waals surface area (Å²) in [7, 11) is -2.35. The molecule has 1 aromatic carbocycles. The van der Waals surface area contributed by atoms with Crippen LogP contribution in [0.25, 0.3) is 0 Å². The Hall–Kier alpha value is -2.87. The van der Waals surface area contributed by atoms with Gasteiger partial charge in [0, 0.05) is 24.3 Å². The summed E-state index contributed by atoms with van der Waals surface area (Å²) >= 11 is 6.54. The van der Waals surface area contributed by atoms with Crippen molar-refractivity contribution in [2.24, 2.45) is 12.0 Å². The Kier molecular flexibility index (Phi) is 4.12. The molecule has 1 aromatic heterocycles. The number of halogens is 1. The molecule has 166 valence electrons. The van der Waals surface area contributed by atoms with Crippen LogP contribution >= 0.6 is 11.6 Å². The Bertz CT molecular complexity index is 1410. The molecule has 1 aliphatic carbocycles. The van der Waals surface area contributed by atoms with Crippen LogP contribution in [0, 0.1) is 12.3 Å². The Morgan fingerprint density at radius 2 is 2.19 bits per heavy atom. The molecule has 0 bridgehead atoms. The monoisotopic (exact) mass is 474 g/mol. The molecule has 2 aliphatic heterocycles. The number of hydrogen-bond donors (Lipinski definition) is 1. The van der Waals surface area contributed by atoms with E-state index in [2.05, 4.69) is 20.7 Å². The van der Waals surface area contributed by atoms with Crippen LogP contribution in [0.4, 0.5) is 5.69 Å². The molecule has 11 heteroatoms. The first-order valence-corrected chi connectivity index (χ1v) is 11.8. The average molecular weight is 475 g/mol. The third-order valence-electron chi connectivity index (χ3n) is 5.67. The minimum atomic E-state index is -3.98. The molecule has 3 heterocycles. The number of carbonyl (C=O) groups is 1. The fraction of sp³-hybridized carbons (Fsp3) is 0.381. The minimum absolute atomic E-state index is 0.00335. The van der Waals surface area contributed by atoms with Crippen molar-refractivity contribution in [3.05, 3.63) is 40.7 Å². The molecule has 5 rings (SSSR count). The highest BCUT2D eigenvalue weighted by molar-refractivity contribution is 7.89. The Balaban J connectivity index is 1.68. The van der Waals surface area contributed by atoms with Gasteiger partial charge in [-0.25, -0.2) is 18.1 Å². The zero-order valence-electron chi connectivity index (χ0n) is 19.3. The van der Waals surface area contributed by atoms with E-state index in [0.717, 1.165) is 4.90 Å². The molecular formula is C21H21ClN6O3S. The predicted octanol–water partition coefficient (Wildman–Crippen LogP) is 1.74. The smallest absolute Gasteiger partial charge is 0.263 e. The van der Waals surface area contributed by atoms with Gasteiger partial charge in [0.05, 0.1) is 43.1 Å². The van der Waals surface area contributed by atoms with Crippen LogP contribution in [-0.2, 0) is 23.6 Å². The lowest BCUT2D eigenvalue weighted by molar-refractivity contribution is 0.0833. The van der Waals surface area contributed by atoms with Crippen LogP contribution in [0.2, 0.25) is 5.02 Å². The lowest BCUT2D eigenvalue weighted by Gasteiger charge is -2.38. The van der Waals surface area contributed by atoms with Crippen LogP contribution in [0.1, 0.15) is 38.4 Å². The maximum absolute atomic E-state index is 13.7. The van der Waals surface area contributed by atoms with Gasteiger partial charge in [0.1, 0.15) is 6.04 Å². The van der Waals surface area contributed by atoms with Gasteiger partial charge in [0.15, 0.2) is 0 Å². The molecule has 0 unspecified atom stereocenters. The van der Waals surface area contributed by atoms with Gasteiger partial charge < -0.3 is 0 Å². The van der Waals surface area contributed by atoms with E-state index in [9.17, 15) is 13.2 Å². The zero-order valence-corrected chi connectivity index (χ0v) is 18.9. The van der Waals surface area contributed by atoms with Crippen molar-refractivity contribution >= 4 is 39.2 Å². The minimum Gasteiger partial charge on any atom is -0.294 e. The molecule has 32 heavy (non-hydrogen) atoms. The number of hydrogen-bond acceptors (Lipinski definition) is 6. The van der Waals surface area contributed by atoms with Gasteiger partial charge in [-0.3, -0.25) is 19.3 Å². The third kappa shape index (κ3) is 3.37. The van der Waals surface area contributed by atoms with Crippen molar-refractivity contribution in [2.45, 2.75) is 42.7 Å². The molecule has 0 radical (unpaired) electrons. The highest BCUT2D eigenvalue weighted by Gasteiger charge is 2.45. The summed E-state index contributed by atoms with van der Waals surface area (Å²) in [5, 5.41) is 4.01. The molecule has 0 saturated heterocycles. The molecule has 1 saturated carbocycles. The number of aliphatic imine (C=N–C) groups is 1. The largest absolute Gasteiger partial charge is 0.294 e. The third-order valence-corrected chi connectivity index (χ3v) is 7.58. The van der Waals surface area contributed by atoms with Gasteiger partial charge in [0.2, 0.25) is 16.0 Å². The Morgan fingerprint density at radius 1 is 1.44 bits per heavy atom. The van der Waals surface area contributed by atoms with Gasteiger partial charge in [-0.1, -0.05) is 17.5 Å². The number of guanidine groups is 1. The number of terminal acetylenes is 1. The van der Waals surface area contributed by atoms with E-state index in [1.54, 1.807) is 14.0 Å². The van der Waals surface area contributed by atoms with E-state index >= 15 is 0 Å². The number of amides is 1. The first kappa shape index (κ1) is 18.7. The normalized spacial score (nSPS) is 22.5. The van der Waals surface area contributed by atoms with E-state index in [1.807, 2.05) is 0 Å². The van der Waals surface area contributed by atoms with Crippen LogP contribution in [0.15, 0.2) is 34.4 Å². The summed E-state index contributed by atoms with van der Waals surface area (Å²) in [6, 6.07) is 1.86. The number of nitrogens with one attached hydrogen (secondary N) is 1. The van der Waals surface area contributed by atoms with Crippen LogP contribution < -0.4 is 9.62 Å². The summed E-state index contributed by atoms with van der Waals surface area (Å²) in [6.45, 7) is -0.441. The number of carbonyl (C=O) groups excluding carboxylic acids is 1. The number of aromatic nitrogens is 2. The van der Waals surface area contributed by atoms with Gasteiger partial charge >= 0.3 is 0 Å². The lowest BCUT2D eigenvalue weighted by Crippen LogP contribution is -2.52. The first-order valence-electron chi connectivity index (χ1n) is 10.9. The Morgan fingerprint density at radius 3 is 2.81 bits per heavy atom. The number of nitrogens with zero attached hydrogens (tertiary/aromatic N) is 5.